The lowest BCUT2D eigenvalue weighted by Crippen LogP contribution is -2.04. The number of halogens is 3. The van der Waals surface area contributed by atoms with Gasteiger partial charge in [0.1, 0.15) is 11.6 Å². The van der Waals surface area contributed by atoms with Crippen molar-refractivity contribution in [1.82, 2.24) is 14.5 Å². The number of fused-ring (bicyclic) bond motifs is 1. The lowest BCUT2D eigenvalue weighted by atomic mass is 10.3. The molecule has 21 heavy (non-hydrogen) atoms. The van der Waals surface area contributed by atoms with Crippen LogP contribution in [0.4, 0.5) is 4.39 Å². The molecule has 0 aliphatic heterocycles. The molecule has 0 N–H and O–H groups in total. The zero-order valence-corrected chi connectivity index (χ0v) is 13.7. The van der Waals surface area contributed by atoms with Crippen molar-refractivity contribution in [1.29, 1.82) is 0 Å². The largest absolute Gasteiger partial charge is 0.321 e. The van der Waals surface area contributed by atoms with Crippen LogP contribution in [0.1, 0.15) is 28.0 Å². The molecule has 0 aliphatic carbocycles. The van der Waals surface area contributed by atoms with Crippen LogP contribution in [0, 0.1) is 12.7 Å². The smallest absolute Gasteiger partial charge is 0.144 e. The molecule has 0 radical (unpaired) electrons. The van der Waals surface area contributed by atoms with Crippen LogP contribution in [-0.4, -0.2) is 14.5 Å². The maximum Gasteiger partial charge on any atom is 0.144 e. The van der Waals surface area contributed by atoms with E-state index in [-0.39, 0.29) is 10.4 Å². The molecule has 3 nitrogen and oxygen atoms in total. The molecule has 0 spiro atoms. The third-order valence-electron chi connectivity index (χ3n) is 3.16. The molecule has 1 unspecified atom stereocenters. The van der Waals surface area contributed by atoms with E-state index in [9.17, 15) is 4.39 Å². The number of benzene rings is 1. The summed E-state index contributed by atoms with van der Waals surface area (Å²) in [5.41, 5.74) is 1.33. The number of nitrogens with zero attached hydrogens (tertiary/aromatic N) is 3. The van der Waals surface area contributed by atoms with Gasteiger partial charge in [-0.25, -0.2) is 14.4 Å². The Morgan fingerprint density at radius 3 is 2.81 bits per heavy atom. The van der Waals surface area contributed by atoms with E-state index in [2.05, 4.69) is 9.97 Å². The van der Waals surface area contributed by atoms with Gasteiger partial charge in [0.25, 0.3) is 0 Å². The average Bonchev–Trinajstić information content (AvgIpc) is 2.96. The second kappa shape index (κ2) is 5.55. The first kappa shape index (κ1) is 14.8. The highest BCUT2D eigenvalue weighted by molar-refractivity contribution is 7.11. The van der Waals surface area contributed by atoms with E-state index < -0.39 is 5.82 Å². The van der Waals surface area contributed by atoms with E-state index in [1.165, 1.54) is 6.07 Å². The number of aromatic nitrogens is 3. The molecule has 0 saturated heterocycles. The van der Waals surface area contributed by atoms with E-state index >= 15 is 0 Å². The summed E-state index contributed by atoms with van der Waals surface area (Å²) in [6.45, 7) is 4.39. The number of hydrogen-bond donors (Lipinski definition) is 0. The molecule has 2 heterocycles. The third-order valence-corrected chi connectivity index (χ3v) is 4.54. The summed E-state index contributed by atoms with van der Waals surface area (Å²) in [5.74, 6) is 0.218. The molecule has 0 aliphatic rings. The lowest BCUT2D eigenvalue weighted by molar-refractivity contribution is 0.629. The molecule has 3 rings (SSSR count). The van der Waals surface area contributed by atoms with Crippen molar-refractivity contribution in [2.45, 2.75) is 25.8 Å². The van der Waals surface area contributed by atoms with Gasteiger partial charge in [0.2, 0.25) is 0 Å². The van der Waals surface area contributed by atoms with Crippen molar-refractivity contribution in [2.75, 3.05) is 0 Å². The summed E-state index contributed by atoms with van der Waals surface area (Å²) >= 11 is 13.7. The average molecular weight is 344 g/mol. The van der Waals surface area contributed by atoms with Gasteiger partial charge >= 0.3 is 0 Å². The first-order valence-corrected chi connectivity index (χ1v) is 7.99. The van der Waals surface area contributed by atoms with Crippen LogP contribution in [0.3, 0.4) is 0 Å². The highest BCUT2D eigenvalue weighted by Crippen LogP contribution is 2.29. The zero-order chi connectivity index (χ0) is 15.1. The Labute approximate surface area is 135 Å². The summed E-state index contributed by atoms with van der Waals surface area (Å²) in [5, 5.41) is 0.796. The topological polar surface area (TPSA) is 30.7 Å². The molecule has 0 fully saturated rings. The van der Waals surface area contributed by atoms with Gasteiger partial charge in [0, 0.05) is 17.1 Å². The molecule has 2 aromatic heterocycles. The molecular formula is C14H12Cl2FN3S. The van der Waals surface area contributed by atoms with Crippen molar-refractivity contribution in [3.63, 3.8) is 0 Å². The van der Waals surface area contributed by atoms with E-state index in [4.69, 9.17) is 23.2 Å². The maximum absolute atomic E-state index is 13.6. The number of rotatable bonds is 3. The van der Waals surface area contributed by atoms with Crippen molar-refractivity contribution >= 4 is 45.6 Å². The minimum atomic E-state index is -0.476. The fourth-order valence-corrected chi connectivity index (χ4v) is 3.35. The van der Waals surface area contributed by atoms with Gasteiger partial charge in [-0.2, -0.15) is 0 Å². The van der Waals surface area contributed by atoms with Crippen LogP contribution in [-0.2, 0) is 6.54 Å². The van der Waals surface area contributed by atoms with Crippen LogP contribution in [0.15, 0.2) is 18.3 Å². The molecule has 1 atom stereocenters. The normalized spacial score (nSPS) is 13.0. The number of imidazole rings is 1. The fraction of sp³-hybridized carbons (Fsp3) is 0.286. The van der Waals surface area contributed by atoms with Gasteiger partial charge in [-0.1, -0.05) is 11.6 Å². The predicted molar refractivity (Wildman–Crippen MR) is 84.9 cm³/mol. The summed E-state index contributed by atoms with van der Waals surface area (Å²) < 4.78 is 15.6. The van der Waals surface area contributed by atoms with Gasteiger partial charge in [-0.3, -0.25) is 0 Å². The number of thiazole rings is 1. The minimum absolute atomic E-state index is 0.0814. The minimum Gasteiger partial charge on any atom is -0.321 e. The van der Waals surface area contributed by atoms with Crippen LogP contribution in [0.25, 0.3) is 11.0 Å². The Morgan fingerprint density at radius 1 is 1.43 bits per heavy atom. The van der Waals surface area contributed by atoms with E-state index in [0.717, 1.165) is 15.4 Å². The van der Waals surface area contributed by atoms with Crippen LogP contribution in [0.5, 0.6) is 0 Å². The Balaban J connectivity index is 2.17. The first-order chi connectivity index (χ1) is 9.95. The Morgan fingerprint density at radius 2 is 2.19 bits per heavy atom. The fourth-order valence-electron chi connectivity index (χ4n) is 2.24. The predicted octanol–water partition coefficient (Wildman–Crippen LogP) is 4.94. The number of hydrogen-bond acceptors (Lipinski definition) is 3. The van der Waals surface area contributed by atoms with Crippen molar-refractivity contribution < 1.29 is 4.39 Å². The zero-order valence-electron chi connectivity index (χ0n) is 11.4. The molecule has 3 aromatic rings. The highest BCUT2D eigenvalue weighted by Gasteiger charge is 2.17. The molecular weight excluding hydrogens is 332 g/mol. The van der Waals surface area contributed by atoms with E-state index in [0.29, 0.717) is 17.9 Å². The summed E-state index contributed by atoms with van der Waals surface area (Å²) in [6, 6.07) is 2.94. The summed E-state index contributed by atoms with van der Waals surface area (Å²) in [4.78, 5) is 9.77. The van der Waals surface area contributed by atoms with E-state index in [1.807, 2.05) is 24.6 Å². The summed E-state index contributed by atoms with van der Waals surface area (Å²) in [7, 11) is 0. The van der Waals surface area contributed by atoms with E-state index in [1.54, 1.807) is 17.4 Å². The molecule has 0 saturated carbocycles. The second-order valence-corrected chi connectivity index (χ2v) is 7.15. The van der Waals surface area contributed by atoms with Gasteiger partial charge in [-0.05, 0) is 19.9 Å². The Bertz CT molecular complexity index is 810. The molecule has 7 heteroatoms. The van der Waals surface area contributed by atoms with Crippen LogP contribution < -0.4 is 0 Å². The third kappa shape index (κ3) is 2.78. The second-order valence-electron chi connectivity index (χ2n) is 4.77. The van der Waals surface area contributed by atoms with Crippen molar-refractivity contribution in [3.8, 4) is 0 Å². The molecule has 0 bridgehead atoms. The maximum atomic E-state index is 13.6. The molecule has 1 aromatic carbocycles. The molecule has 110 valence electrons. The SMILES string of the molecule is Cc1ncc(Cn2c(C(C)Cl)nc3cc(F)c(Cl)cc32)s1. The van der Waals surface area contributed by atoms with Gasteiger partial charge in [0.15, 0.2) is 0 Å². The van der Waals surface area contributed by atoms with Crippen LogP contribution in [0.2, 0.25) is 5.02 Å². The van der Waals surface area contributed by atoms with Gasteiger partial charge in [0.05, 0.1) is 33.0 Å². The molecule has 0 amide bonds. The van der Waals surface area contributed by atoms with Crippen molar-refractivity contribution in [3.05, 3.63) is 44.9 Å². The first-order valence-electron chi connectivity index (χ1n) is 6.36. The summed E-state index contributed by atoms with van der Waals surface area (Å²) in [6.07, 6.45) is 1.83. The van der Waals surface area contributed by atoms with Gasteiger partial charge in [-0.15, -0.1) is 22.9 Å². The highest BCUT2D eigenvalue weighted by atomic mass is 35.5. The quantitative estimate of drug-likeness (QED) is 0.630. The standard InChI is InChI=1S/C14H12Cl2FN3S/c1-7(15)14-19-12-4-11(17)10(16)3-13(12)20(14)6-9-5-18-8(2)21-9/h3-5,7H,6H2,1-2H3. The Kier molecular flexibility index (Phi) is 3.90. The van der Waals surface area contributed by atoms with Crippen LogP contribution >= 0.6 is 34.5 Å². The number of aryl methyl sites for hydroxylation is 1. The number of alkyl halides is 1. The van der Waals surface area contributed by atoms with Gasteiger partial charge < -0.3 is 4.57 Å². The lowest BCUT2D eigenvalue weighted by Gasteiger charge is -2.09. The van der Waals surface area contributed by atoms with Crippen molar-refractivity contribution in [2.24, 2.45) is 0 Å². The monoisotopic (exact) mass is 343 g/mol. The Hall–Kier alpha value is -1.17.